The first-order valence-electron chi connectivity index (χ1n) is 6.07. The number of carbonyl (C=O) groups is 1. The lowest BCUT2D eigenvalue weighted by Crippen LogP contribution is -2.11. The zero-order chi connectivity index (χ0) is 13.7. The molecule has 3 heteroatoms. The van der Waals surface area contributed by atoms with E-state index >= 15 is 0 Å². The second-order valence-electron chi connectivity index (χ2n) is 4.20. The minimum absolute atomic E-state index is 0.223. The van der Waals surface area contributed by atoms with Crippen LogP contribution >= 0.6 is 11.8 Å². The van der Waals surface area contributed by atoms with Crippen LogP contribution in [0.4, 0.5) is 0 Å². The molecule has 0 radical (unpaired) electrons. The molecule has 0 saturated heterocycles. The molecule has 0 bridgehead atoms. The SMILES string of the molecule is COC(=O)C(Sc1ccccc1C)c1ccccc1. The maximum atomic E-state index is 12.0. The van der Waals surface area contributed by atoms with Gasteiger partial charge in [-0.25, -0.2) is 0 Å². The number of ether oxygens (including phenoxy) is 1. The van der Waals surface area contributed by atoms with Gasteiger partial charge in [-0.05, 0) is 24.1 Å². The van der Waals surface area contributed by atoms with E-state index in [0.717, 1.165) is 16.0 Å². The Balaban J connectivity index is 2.30. The fraction of sp³-hybridized carbons (Fsp3) is 0.188. The van der Waals surface area contributed by atoms with Gasteiger partial charge in [0.1, 0.15) is 5.25 Å². The highest BCUT2D eigenvalue weighted by Crippen LogP contribution is 2.37. The van der Waals surface area contributed by atoms with Gasteiger partial charge in [0.25, 0.3) is 0 Å². The van der Waals surface area contributed by atoms with Gasteiger partial charge < -0.3 is 4.74 Å². The van der Waals surface area contributed by atoms with Gasteiger partial charge in [0.15, 0.2) is 0 Å². The maximum Gasteiger partial charge on any atom is 0.323 e. The summed E-state index contributed by atoms with van der Waals surface area (Å²) < 4.78 is 4.92. The number of carbonyl (C=O) groups excluding carboxylic acids is 1. The minimum Gasteiger partial charge on any atom is -0.468 e. The number of esters is 1. The first-order valence-corrected chi connectivity index (χ1v) is 6.95. The van der Waals surface area contributed by atoms with Gasteiger partial charge in [0.05, 0.1) is 7.11 Å². The number of methoxy groups -OCH3 is 1. The molecule has 0 aliphatic rings. The Labute approximate surface area is 117 Å². The molecular weight excluding hydrogens is 256 g/mol. The van der Waals surface area contributed by atoms with Crippen molar-refractivity contribution in [3.05, 3.63) is 65.7 Å². The van der Waals surface area contributed by atoms with E-state index in [9.17, 15) is 4.79 Å². The summed E-state index contributed by atoms with van der Waals surface area (Å²) in [6.07, 6.45) is 0. The van der Waals surface area contributed by atoms with E-state index in [1.54, 1.807) is 0 Å². The fourth-order valence-corrected chi connectivity index (χ4v) is 2.95. The normalized spacial score (nSPS) is 11.9. The number of thioether (sulfide) groups is 1. The van der Waals surface area contributed by atoms with Crippen molar-refractivity contribution in [3.63, 3.8) is 0 Å². The van der Waals surface area contributed by atoms with Crippen LogP contribution in [-0.4, -0.2) is 13.1 Å². The standard InChI is InChI=1S/C16H16O2S/c1-12-8-6-7-11-14(12)19-15(16(17)18-2)13-9-4-3-5-10-13/h3-11,15H,1-2H3. The summed E-state index contributed by atoms with van der Waals surface area (Å²) in [6.45, 7) is 2.04. The third-order valence-electron chi connectivity index (χ3n) is 2.86. The van der Waals surface area contributed by atoms with Crippen molar-refractivity contribution in [2.24, 2.45) is 0 Å². The first-order chi connectivity index (χ1) is 9.22. The topological polar surface area (TPSA) is 26.3 Å². The van der Waals surface area contributed by atoms with Gasteiger partial charge in [-0.1, -0.05) is 48.5 Å². The summed E-state index contributed by atoms with van der Waals surface area (Å²) >= 11 is 1.53. The fourth-order valence-electron chi connectivity index (χ4n) is 1.80. The van der Waals surface area contributed by atoms with E-state index in [4.69, 9.17) is 4.74 Å². The lowest BCUT2D eigenvalue weighted by atomic mass is 10.1. The Morgan fingerprint density at radius 3 is 2.32 bits per heavy atom. The van der Waals surface area contributed by atoms with Crippen molar-refractivity contribution in [2.75, 3.05) is 7.11 Å². The maximum absolute atomic E-state index is 12.0. The van der Waals surface area contributed by atoms with E-state index in [1.165, 1.54) is 18.9 Å². The van der Waals surface area contributed by atoms with Crippen molar-refractivity contribution >= 4 is 17.7 Å². The van der Waals surface area contributed by atoms with Crippen LogP contribution in [0.1, 0.15) is 16.4 Å². The molecule has 1 atom stereocenters. The Morgan fingerprint density at radius 1 is 1.05 bits per heavy atom. The molecule has 0 spiro atoms. The lowest BCUT2D eigenvalue weighted by molar-refractivity contribution is -0.140. The molecule has 0 amide bonds. The van der Waals surface area contributed by atoms with Crippen LogP contribution in [0.25, 0.3) is 0 Å². The van der Waals surface area contributed by atoms with E-state index in [1.807, 2.05) is 61.5 Å². The molecule has 2 rings (SSSR count). The summed E-state index contributed by atoms with van der Waals surface area (Å²) in [5.74, 6) is -0.223. The first kappa shape index (κ1) is 13.7. The van der Waals surface area contributed by atoms with Crippen LogP contribution < -0.4 is 0 Å². The predicted molar refractivity (Wildman–Crippen MR) is 78.2 cm³/mol. The molecular formula is C16H16O2S. The Morgan fingerprint density at radius 2 is 1.68 bits per heavy atom. The minimum atomic E-state index is -0.327. The number of benzene rings is 2. The number of aryl methyl sites for hydroxylation is 1. The molecule has 98 valence electrons. The van der Waals surface area contributed by atoms with Gasteiger partial charge in [-0.2, -0.15) is 0 Å². The van der Waals surface area contributed by atoms with Gasteiger partial charge in [0, 0.05) is 4.90 Å². The summed E-state index contributed by atoms with van der Waals surface area (Å²) in [5.41, 5.74) is 2.12. The van der Waals surface area contributed by atoms with Crippen LogP contribution in [0.5, 0.6) is 0 Å². The Bertz CT molecular complexity index is 552. The van der Waals surface area contributed by atoms with E-state index < -0.39 is 0 Å². The lowest BCUT2D eigenvalue weighted by Gasteiger charge is -2.15. The molecule has 1 unspecified atom stereocenters. The predicted octanol–water partition coefficient (Wildman–Crippen LogP) is 4.00. The molecule has 2 nitrogen and oxygen atoms in total. The Kier molecular flexibility index (Phi) is 4.63. The Hall–Kier alpha value is -1.74. The highest BCUT2D eigenvalue weighted by Gasteiger charge is 2.23. The highest BCUT2D eigenvalue weighted by atomic mass is 32.2. The van der Waals surface area contributed by atoms with E-state index in [-0.39, 0.29) is 11.2 Å². The second-order valence-corrected chi connectivity index (χ2v) is 5.34. The van der Waals surface area contributed by atoms with Crippen LogP contribution in [0, 0.1) is 6.92 Å². The van der Waals surface area contributed by atoms with Gasteiger partial charge in [0.2, 0.25) is 0 Å². The van der Waals surface area contributed by atoms with Crippen molar-refractivity contribution in [3.8, 4) is 0 Å². The molecule has 0 fully saturated rings. The second kappa shape index (κ2) is 6.43. The van der Waals surface area contributed by atoms with Crippen LogP contribution in [0.2, 0.25) is 0 Å². The third kappa shape index (κ3) is 3.38. The summed E-state index contributed by atoms with van der Waals surface area (Å²) in [4.78, 5) is 13.1. The van der Waals surface area contributed by atoms with Gasteiger partial charge >= 0.3 is 5.97 Å². The van der Waals surface area contributed by atoms with E-state index in [2.05, 4.69) is 0 Å². The molecule has 19 heavy (non-hydrogen) atoms. The molecule has 2 aromatic carbocycles. The summed E-state index contributed by atoms with van der Waals surface area (Å²) in [5, 5.41) is -0.327. The van der Waals surface area contributed by atoms with Crippen molar-refractivity contribution in [1.29, 1.82) is 0 Å². The number of hydrogen-bond donors (Lipinski definition) is 0. The summed E-state index contributed by atoms with van der Waals surface area (Å²) in [7, 11) is 1.43. The van der Waals surface area contributed by atoms with Crippen molar-refractivity contribution < 1.29 is 9.53 Å². The van der Waals surface area contributed by atoms with Gasteiger partial charge in [-0.15, -0.1) is 11.8 Å². The average molecular weight is 272 g/mol. The zero-order valence-electron chi connectivity index (χ0n) is 11.0. The molecule has 0 heterocycles. The highest BCUT2D eigenvalue weighted by molar-refractivity contribution is 8.00. The van der Waals surface area contributed by atoms with Crippen LogP contribution in [0.15, 0.2) is 59.5 Å². The van der Waals surface area contributed by atoms with Crippen molar-refractivity contribution in [1.82, 2.24) is 0 Å². The molecule has 0 aromatic heterocycles. The molecule has 0 aliphatic heterocycles. The third-order valence-corrected chi connectivity index (χ3v) is 4.27. The summed E-state index contributed by atoms with van der Waals surface area (Å²) in [6, 6.07) is 17.8. The van der Waals surface area contributed by atoms with E-state index in [0.29, 0.717) is 0 Å². The molecule has 2 aromatic rings. The number of rotatable bonds is 4. The molecule has 0 saturated carbocycles. The molecule has 0 N–H and O–H groups in total. The monoisotopic (exact) mass is 272 g/mol. The van der Waals surface area contributed by atoms with Crippen molar-refractivity contribution in [2.45, 2.75) is 17.1 Å². The van der Waals surface area contributed by atoms with Crippen LogP contribution in [0.3, 0.4) is 0 Å². The smallest absolute Gasteiger partial charge is 0.323 e. The van der Waals surface area contributed by atoms with Gasteiger partial charge in [-0.3, -0.25) is 4.79 Å². The zero-order valence-corrected chi connectivity index (χ0v) is 11.8. The molecule has 0 aliphatic carbocycles. The quantitative estimate of drug-likeness (QED) is 0.621. The average Bonchev–Trinajstić information content (AvgIpc) is 2.46. The van der Waals surface area contributed by atoms with Crippen LogP contribution in [-0.2, 0) is 9.53 Å². The largest absolute Gasteiger partial charge is 0.468 e. The number of hydrogen-bond acceptors (Lipinski definition) is 3.